The summed E-state index contributed by atoms with van der Waals surface area (Å²) in [6.45, 7) is 2.01. The summed E-state index contributed by atoms with van der Waals surface area (Å²) in [6.07, 6.45) is 2.44. The van der Waals surface area contributed by atoms with Crippen LogP contribution in [-0.2, 0) is 17.6 Å². The zero-order chi connectivity index (χ0) is 13.7. The number of carbonyl (C=O) groups is 1. The van der Waals surface area contributed by atoms with E-state index in [0.717, 1.165) is 22.6 Å². The Balaban J connectivity index is 2.09. The van der Waals surface area contributed by atoms with E-state index in [9.17, 15) is 4.79 Å². The SMILES string of the molecule is COc1ccc(C)cc1CC(=O)Cc1ccccn1. The predicted octanol–water partition coefficient (Wildman–Crippen LogP) is 2.75. The van der Waals surface area contributed by atoms with Crippen LogP contribution in [0.15, 0.2) is 42.6 Å². The second kappa shape index (κ2) is 6.14. The number of carbonyl (C=O) groups excluding carboxylic acids is 1. The van der Waals surface area contributed by atoms with Crippen LogP contribution < -0.4 is 4.74 Å². The van der Waals surface area contributed by atoms with Crippen LogP contribution in [0.3, 0.4) is 0 Å². The molecule has 98 valence electrons. The highest BCUT2D eigenvalue weighted by molar-refractivity contribution is 5.83. The van der Waals surface area contributed by atoms with Gasteiger partial charge in [0.1, 0.15) is 11.5 Å². The van der Waals surface area contributed by atoms with E-state index < -0.39 is 0 Å². The van der Waals surface area contributed by atoms with Gasteiger partial charge >= 0.3 is 0 Å². The third-order valence-electron chi connectivity index (χ3n) is 2.93. The van der Waals surface area contributed by atoms with E-state index in [1.54, 1.807) is 13.3 Å². The Kier molecular flexibility index (Phi) is 4.29. The summed E-state index contributed by atoms with van der Waals surface area (Å²) in [4.78, 5) is 16.2. The standard InChI is InChI=1S/C16H17NO2/c1-12-6-7-16(19-2)13(9-12)10-15(18)11-14-5-3-4-8-17-14/h3-9H,10-11H2,1-2H3. The molecule has 2 rings (SSSR count). The third-order valence-corrected chi connectivity index (χ3v) is 2.93. The number of nitrogens with zero attached hydrogens (tertiary/aromatic N) is 1. The molecule has 0 atom stereocenters. The summed E-state index contributed by atoms with van der Waals surface area (Å²) in [5.74, 6) is 0.905. The molecule has 2 aromatic rings. The fourth-order valence-electron chi connectivity index (χ4n) is 2.03. The van der Waals surface area contributed by atoms with Gasteiger partial charge in [-0.05, 0) is 25.1 Å². The van der Waals surface area contributed by atoms with Gasteiger partial charge in [0.2, 0.25) is 0 Å². The van der Waals surface area contributed by atoms with Crippen LogP contribution in [0.1, 0.15) is 16.8 Å². The second-order valence-electron chi connectivity index (χ2n) is 4.53. The van der Waals surface area contributed by atoms with Crippen molar-refractivity contribution in [2.75, 3.05) is 7.11 Å². The molecular formula is C16H17NO2. The minimum atomic E-state index is 0.141. The molecule has 0 fully saturated rings. The van der Waals surface area contributed by atoms with Crippen LogP contribution in [0.25, 0.3) is 0 Å². The summed E-state index contributed by atoms with van der Waals surface area (Å²) < 4.78 is 5.28. The summed E-state index contributed by atoms with van der Waals surface area (Å²) in [5.41, 5.74) is 2.86. The molecule has 0 bridgehead atoms. The van der Waals surface area contributed by atoms with Gasteiger partial charge in [0.05, 0.1) is 7.11 Å². The Morgan fingerprint density at radius 1 is 1.21 bits per heavy atom. The molecule has 1 aromatic carbocycles. The third kappa shape index (κ3) is 3.65. The van der Waals surface area contributed by atoms with Crippen molar-refractivity contribution in [1.29, 1.82) is 0 Å². The van der Waals surface area contributed by atoms with Crippen molar-refractivity contribution in [1.82, 2.24) is 4.98 Å². The molecule has 1 heterocycles. The van der Waals surface area contributed by atoms with E-state index in [1.807, 2.05) is 43.3 Å². The predicted molar refractivity (Wildman–Crippen MR) is 74.4 cm³/mol. The molecule has 0 saturated carbocycles. The molecule has 0 saturated heterocycles. The quantitative estimate of drug-likeness (QED) is 0.824. The lowest BCUT2D eigenvalue weighted by Gasteiger charge is -2.08. The number of pyridine rings is 1. The van der Waals surface area contributed by atoms with Gasteiger partial charge in [-0.1, -0.05) is 23.8 Å². The van der Waals surface area contributed by atoms with Crippen molar-refractivity contribution >= 4 is 5.78 Å². The zero-order valence-electron chi connectivity index (χ0n) is 11.2. The molecule has 19 heavy (non-hydrogen) atoms. The van der Waals surface area contributed by atoms with Gasteiger partial charge in [-0.15, -0.1) is 0 Å². The monoisotopic (exact) mass is 255 g/mol. The van der Waals surface area contributed by atoms with E-state index in [2.05, 4.69) is 4.98 Å². The van der Waals surface area contributed by atoms with E-state index in [4.69, 9.17) is 4.74 Å². The fraction of sp³-hybridized carbons (Fsp3) is 0.250. The Hall–Kier alpha value is -2.16. The zero-order valence-corrected chi connectivity index (χ0v) is 11.2. The van der Waals surface area contributed by atoms with Crippen molar-refractivity contribution < 1.29 is 9.53 Å². The molecule has 0 spiro atoms. The Bertz CT molecular complexity index is 564. The molecule has 0 aliphatic carbocycles. The number of hydrogen-bond acceptors (Lipinski definition) is 3. The first-order valence-corrected chi connectivity index (χ1v) is 6.24. The number of methoxy groups -OCH3 is 1. The topological polar surface area (TPSA) is 39.2 Å². The summed E-state index contributed by atoms with van der Waals surface area (Å²) in [5, 5.41) is 0. The lowest BCUT2D eigenvalue weighted by atomic mass is 10.0. The highest BCUT2D eigenvalue weighted by Gasteiger charge is 2.10. The molecule has 1 aromatic heterocycles. The molecule has 0 amide bonds. The summed E-state index contributed by atoms with van der Waals surface area (Å²) >= 11 is 0. The number of Topliss-reactive ketones (excluding diaryl/α,β-unsaturated/α-hetero) is 1. The van der Waals surface area contributed by atoms with Crippen LogP contribution in [0.4, 0.5) is 0 Å². The second-order valence-corrected chi connectivity index (χ2v) is 4.53. The first-order valence-electron chi connectivity index (χ1n) is 6.24. The van der Waals surface area contributed by atoms with Gasteiger partial charge in [-0.25, -0.2) is 0 Å². The van der Waals surface area contributed by atoms with E-state index >= 15 is 0 Å². The number of rotatable bonds is 5. The maximum atomic E-state index is 12.1. The number of ketones is 1. The molecule has 0 radical (unpaired) electrons. The van der Waals surface area contributed by atoms with Crippen molar-refractivity contribution in [3.63, 3.8) is 0 Å². The molecule has 0 aliphatic heterocycles. The van der Waals surface area contributed by atoms with Gasteiger partial charge < -0.3 is 4.74 Å². The minimum Gasteiger partial charge on any atom is -0.496 e. The van der Waals surface area contributed by atoms with E-state index in [0.29, 0.717) is 12.8 Å². The van der Waals surface area contributed by atoms with Gasteiger partial charge in [-0.3, -0.25) is 9.78 Å². The Morgan fingerprint density at radius 3 is 2.74 bits per heavy atom. The fourth-order valence-corrected chi connectivity index (χ4v) is 2.03. The number of aryl methyl sites for hydroxylation is 1. The average Bonchev–Trinajstić information content (AvgIpc) is 2.40. The van der Waals surface area contributed by atoms with Crippen LogP contribution in [-0.4, -0.2) is 17.9 Å². The molecule has 3 nitrogen and oxygen atoms in total. The normalized spacial score (nSPS) is 10.2. The van der Waals surface area contributed by atoms with Crippen molar-refractivity contribution in [3.05, 3.63) is 59.4 Å². The number of hydrogen-bond donors (Lipinski definition) is 0. The first kappa shape index (κ1) is 13.3. The first-order chi connectivity index (χ1) is 9.19. The Morgan fingerprint density at radius 2 is 2.05 bits per heavy atom. The largest absolute Gasteiger partial charge is 0.496 e. The molecule has 3 heteroatoms. The van der Waals surface area contributed by atoms with E-state index in [-0.39, 0.29) is 5.78 Å². The lowest BCUT2D eigenvalue weighted by molar-refractivity contribution is -0.117. The maximum absolute atomic E-state index is 12.1. The summed E-state index contributed by atoms with van der Waals surface area (Å²) in [6, 6.07) is 11.5. The number of aromatic nitrogens is 1. The van der Waals surface area contributed by atoms with Crippen LogP contribution in [0, 0.1) is 6.92 Å². The highest BCUT2D eigenvalue weighted by Crippen LogP contribution is 2.20. The molecular weight excluding hydrogens is 238 g/mol. The van der Waals surface area contributed by atoms with Crippen molar-refractivity contribution in [3.8, 4) is 5.75 Å². The molecule has 0 N–H and O–H groups in total. The average molecular weight is 255 g/mol. The summed E-state index contributed by atoms with van der Waals surface area (Å²) in [7, 11) is 1.62. The van der Waals surface area contributed by atoms with Crippen LogP contribution >= 0.6 is 0 Å². The minimum absolute atomic E-state index is 0.141. The maximum Gasteiger partial charge on any atom is 0.143 e. The lowest BCUT2D eigenvalue weighted by Crippen LogP contribution is -2.08. The van der Waals surface area contributed by atoms with E-state index in [1.165, 1.54) is 0 Å². The van der Waals surface area contributed by atoms with Gasteiger partial charge in [0.15, 0.2) is 0 Å². The molecule has 0 unspecified atom stereocenters. The number of benzene rings is 1. The van der Waals surface area contributed by atoms with Gasteiger partial charge in [0.25, 0.3) is 0 Å². The van der Waals surface area contributed by atoms with Crippen LogP contribution in [0.5, 0.6) is 5.75 Å². The van der Waals surface area contributed by atoms with Crippen molar-refractivity contribution in [2.24, 2.45) is 0 Å². The Labute approximate surface area is 113 Å². The highest BCUT2D eigenvalue weighted by atomic mass is 16.5. The number of ether oxygens (including phenoxy) is 1. The van der Waals surface area contributed by atoms with Gasteiger partial charge in [0, 0.05) is 30.3 Å². The van der Waals surface area contributed by atoms with Crippen LogP contribution in [0.2, 0.25) is 0 Å². The van der Waals surface area contributed by atoms with Crippen molar-refractivity contribution in [2.45, 2.75) is 19.8 Å². The smallest absolute Gasteiger partial charge is 0.143 e. The van der Waals surface area contributed by atoms with Gasteiger partial charge in [-0.2, -0.15) is 0 Å². The molecule has 0 aliphatic rings.